The van der Waals surface area contributed by atoms with E-state index in [1.807, 2.05) is 13.8 Å². The van der Waals surface area contributed by atoms with E-state index >= 15 is 0 Å². The lowest BCUT2D eigenvalue weighted by Crippen LogP contribution is -2.54. The van der Waals surface area contributed by atoms with Crippen LogP contribution in [0, 0.1) is 17.2 Å². The minimum atomic E-state index is -4.60. The van der Waals surface area contributed by atoms with Crippen molar-refractivity contribution < 1.29 is 22.7 Å². The zero-order valence-electron chi connectivity index (χ0n) is 23.8. The first-order valence-electron chi connectivity index (χ1n) is 13.5. The minimum absolute atomic E-state index is 0.0186. The number of ether oxygens (including phenoxy) is 1. The largest absolute Gasteiger partial charge is 0.416 e. The van der Waals surface area contributed by atoms with Gasteiger partial charge in [0.25, 0.3) is 5.91 Å². The number of amides is 1. The molecule has 0 radical (unpaired) electrons. The van der Waals surface area contributed by atoms with E-state index in [0.717, 1.165) is 18.1 Å². The molecule has 8 nitrogen and oxygen atoms in total. The lowest BCUT2D eigenvalue weighted by molar-refractivity contribution is -0.139. The Morgan fingerprint density at radius 3 is 2.52 bits per heavy atom. The summed E-state index contributed by atoms with van der Waals surface area (Å²) in [5.41, 5.74) is 4.02. The van der Waals surface area contributed by atoms with Gasteiger partial charge in [-0.15, -0.1) is 0 Å². The van der Waals surface area contributed by atoms with Gasteiger partial charge in [-0.3, -0.25) is 4.79 Å². The van der Waals surface area contributed by atoms with Crippen molar-refractivity contribution in [2.75, 3.05) is 26.8 Å². The molecule has 3 rings (SSSR count). The maximum Gasteiger partial charge on any atom is 0.416 e. The fraction of sp³-hybridized carbons (Fsp3) is 0.400. The summed E-state index contributed by atoms with van der Waals surface area (Å²) in [7, 11) is 1.54. The van der Waals surface area contributed by atoms with Gasteiger partial charge in [-0.25, -0.2) is 15.4 Å². The number of benzene rings is 2. The van der Waals surface area contributed by atoms with E-state index in [1.54, 1.807) is 28.8 Å². The van der Waals surface area contributed by atoms with Crippen molar-refractivity contribution in [3.63, 3.8) is 0 Å². The molecule has 1 atom stereocenters. The standard InChI is InChI=1S/C30H35F3N6O2S/c1-21(2)12-13-37-39(29(42)36-14-15-41-3)28(40)25(16-24-6-4-5-7-26(24)30(31,32)33)27-18-35-20-38(27)19-23-10-8-22(17-34)9-11-23/h4-11,18,20-21,25,37H,12-16,19H2,1-3H3,(H,36,42). The monoisotopic (exact) mass is 600 g/mol. The maximum absolute atomic E-state index is 14.3. The topological polar surface area (TPSA) is 95.2 Å². The Kier molecular flexibility index (Phi) is 12.0. The van der Waals surface area contributed by atoms with Crippen molar-refractivity contribution in [1.82, 2.24) is 25.3 Å². The van der Waals surface area contributed by atoms with Crippen LogP contribution in [0.2, 0.25) is 0 Å². The molecule has 0 aliphatic carbocycles. The van der Waals surface area contributed by atoms with Gasteiger partial charge in [0.1, 0.15) is 0 Å². The van der Waals surface area contributed by atoms with Gasteiger partial charge in [-0.2, -0.15) is 18.4 Å². The first kappa shape index (κ1) is 32.7. The summed E-state index contributed by atoms with van der Waals surface area (Å²) in [6.45, 7) is 5.48. The molecule has 0 aliphatic heterocycles. The van der Waals surface area contributed by atoms with Gasteiger partial charge in [0.05, 0.1) is 41.7 Å². The molecule has 2 aromatic carbocycles. The number of aromatic nitrogens is 2. The van der Waals surface area contributed by atoms with Crippen molar-refractivity contribution in [1.29, 1.82) is 5.26 Å². The molecule has 0 spiro atoms. The van der Waals surface area contributed by atoms with E-state index in [2.05, 4.69) is 21.8 Å². The van der Waals surface area contributed by atoms with Crippen LogP contribution in [-0.4, -0.2) is 52.4 Å². The summed E-state index contributed by atoms with van der Waals surface area (Å²) < 4.78 is 48.8. The Bertz CT molecular complexity index is 1370. The highest BCUT2D eigenvalue weighted by Gasteiger charge is 2.37. The molecular weight excluding hydrogens is 565 g/mol. The highest BCUT2D eigenvalue weighted by molar-refractivity contribution is 7.80. The van der Waals surface area contributed by atoms with Gasteiger partial charge in [0.2, 0.25) is 0 Å². The molecule has 3 aromatic rings. The molecule has 42 heavy (non-hydrogen) atoms. The second-order valence-corrected chi connectivity index (χ2v) is 10.5. The minimum Gasteiger partial charge on any atom is -0.383 e. The maximum atomic E-state index is 14.3. The predicted molar refractivity (Wildman–Crippen MR) is 157 cm³/mol. The van der Waals surface area contributed by atoms with Crippen LogP contribution < -0.4 is 10.7 Å². The first-order chi connectivity index (χ1) is 20.0. The number of hydrogen-bond acceptors (Lipinski definition) is 6. The third-order valence-electron chi connectivity index (χ3n) is 6.58. The van der Waals surface area contributed by atoms with Crippen molar-refractivity contribution in [3.05, 3.63) is 89.0 Å². The van der Waals surface area contributed by atoms with Crippen LogP contribution in [0.15, 0.2) is 61.1 Å². The lowest BCUT2D eigenvalue weighted by atomic mass is 9.92. The van der Waals surface area contributed by atoms with E-state index in [9.17, 15) is 18.0 Å². The average molecular weight is 601 g/mol. The summed E-state index contributed by atoms with van der Waals surface area (Å²) in [5, 5.41) is 13.4. The van der Waals surface area contributed by atoms with Gasteiger partial charge in [0.15, 0.2) is 5.11 Å². The lowest BCUT2D eigenvalue weighted by Gasteiger charge is -2.30. The van der Waals surface area contributed by atoms with Crippen molar-refractivity contribution in [2.24, 2.45) is 5.92 Å². The molecule has 1 unspecified atom stereocenters. The first-order valence-corrected chi connectivity index (χ1v) is 13.9. The number of carbonyl (C=O) groups is 1. The number of alkyl halides is 3. The van der Waals surface area contributed by atoms with Crippen LogP contribution in [0.5, 0.6) is 0 Å². The zero-order valence-corrected chi connectivity index (χ0v) is 24.6. The van der Waals surface area contributed by atoms with E-state index in [-0.39, 0.29) is 17.1 Å². The van der Waals surface area contributed by atoms with Gasteiger partial charge in [0, 0.05) is 32.9 Å². The van der Waals surface area contributed by atoms with Crippen molar-refractivity contribution in [2.45, 2.75) is 45.3 Å². The molecule has 224 valence electrons. The second-order valence-electron chi connectivity index (χ2n) is 10.2. The second kappa shape index (κ2) is 15.4. The molecule has 2 N–H and O–H groups in total. The number of nitriles is 1. The molecule has 1 amide bonds. The number of nitrogens with zero attached hydrogens (tertiary/aromatic N) is 4. The van der Waals surface area contributed by atoms with Gasteiger partial charge in [-0.05, 0) is 60.3 Å². The number of halogens is 3. The summed E-state index contributed by atoms with van der Waals surface area (Å²) in [4.78, 5) is 18.5. The number of nitrogens with one attached hydrogen (secondary N) is 2. The quantitative estimate of drug-likeness (QED) is 0.161. The molecule has 0 saturated heterocycles. The zero-order chi connectivity index (χ0) is 30.7. The van der Waals surface area contributed by atoms with Gasteiger partial charge < -0.3 is 14.6 Å². The van der Waals surface area contributed by atoms with Crippen LogP contribution in [0.4, 0.5) is 13.2 Å². The van der Waals surface area contributed by atoms with Gasteiger partial charge >= 0.3 is 6.18 Å². The van der Waals surface area contributed by atoms with E-state index < -0.39 is 23.6 Å². The fourth-order valence-electron chi connectivity index (χ4n) is 4.36. The Morgan fingerprint density at radius 1 is 1.17 bits per heavy atom. The number of thiocarbonyl (C=S) groups is 1. The van der Waals surface area contributed by atoms with E-state index in [4.69, 9.17) is 22.2 Å². The molecule has 0 saturated carbocycles. The van der Waals surface area contributed by atoms with Crippen LogP contribution >= 0.6 is 12.2 Å². The van der Waals surface area contributed by atoms with Crippen LogP contribution in [0.1, 0.15) is 54.1 Å². The van der Waals surface area contributed by atoms with Crippen molar-refractivity contribution in [3.8, 4) is 6.07 Å². The smallest absolute Gasteiger partial charge is 0.383 e. The third-order valence-corrected chi connectivity index (χ3v) is 6.91. The van der Waals surface area contributed by atoms with Crippen LogP contribution in [0.3, 0.4) is 0 Å². The van der Waals surface area contributed by atoms with E-state index in [0.29, 0.717) is 43.4 Å². The van der Waals surface area contributed by atoms with Gasteiger partial charge in [-0.1, -0.05) is 44.2 Å². The Morgan fingerprint density at radius 2 is 1.88 bits per heavy atom. The molecule has 12 heteroatoms. The summed E-state index contributed by atoms with van der Waals surface area (Å²) in [6.07, 6.45) is -1.07. The number of carbonyl (C=O) groups excluding carboxylic acids is 1. The highest BCUT2D eigenvalue weighted by Crippen LogP contribution is 2.35. The number of imidazole rings is 1. The van der Waals surface area contributed by atoms with Crippen molar-refractivity contribution >= 4 is 23.2 Å². The number of methoxy groups -OCH3 is 1. The summed E-state index contributed by atoms with van der Waals surface area (Å²) in [5.74, 6) is -1.25. The predicted octanol–water partition coefficient (Wildman–Crippen LogP) is 5.05. The molecule has 1 aromatic heterocycles. The average Bonchev–Trinajstić information content (AvgIpc) is 3.41. The number of hydrazine groups is 1. The molecule has 0 aliphatic rings. The summed E-state index contributed by atoms with van der Waals surface area (Å²) >= 11 is 5.55. The molecule has 0 fully saturated rings. The Balaban J connectivity index is 2.04. The Hall–Kier alpha value is -3.79. The summed E-state index contributed by atoms with van der Waals surface area (Å²) in [6, 6.07) is 14.2. The number of hydrogen-bond donors (Lipinski definition) is 2. The van der Waals surface area contributed by atoms with Crippen LogP contribution in [0.25, 0.3) is 0 Å². The Labute approximate surface area is 249 Å². The molecule has 1 heterocycles. The van der Waals surface area contributed by atoms with Crippen LogP contribution in [-0.2, 0) is 28.7 Å². The molecule has 0 bridgehead atoms. The molecular formula is C30H35F3N6O2S. The normalized spacial score (nSPS) is 12.1. The third kappa shape index (κ3) is 9.11. The number of rotatable bonds is 13. The van der Waals surface area contributed by atoms with E-state index in [1.165, 1.54) is 42.8 Å². The fourth-order valence-corrected chi connectivity index (χ4v) is 4.61. The highest BCUT2D eigenvalue weighted by atomic mass is 32.1. The SMILES string of the molecule is COCCNC(=S)N(NCCC(C)C)C(=O)C(Cc1ccccc1C(F)(F)F)c1cncn1Cc1ccc(C#N)cc1.